The van der Waals surface area contributed by atoms with Crippen molar-refractivity contribution in [2.45, 2.75) is 66.9 Å². The second-order valence-electron chi connectivity index (χ2n) is 12.1. The van der Waals surface area contributed by atoms with E-state index in [0.29, 0.717) is 38.7 Å². The monoisotopic (exact) mass is 527 g/mol. The Labute approximate surface area is 228 Å². The van der Waals surface area contributed by atoms with Crippen LogP contribution in [0.3, 0.4) is 0 Å². The summed E-state index contributed by atoms with van der Waals surface area (Å²) in [4.78, 5) is 24.8. The van der Waals surface area contributed by atoms with Crippen molar-refractivity contribution in [3.63, 3.8) is 0 Å². The number of nitrogens with one attached hydrogen (secondary N) is 1. The van der Waals surface area contributed by atoms with Gasteiger partial charge in [0, 0.05) is 17.4 Å². The molecule has 0 saturated heterocycles. The van der Waals surface area contributed by atoms with Gasteiger partial charge < -0.3 is 24.3 Å². The van der Waals surface area contributed by atoms with Crippen LogP contribution in [-0.4, -0.2) is 50.6 Å². The number of rotatable bonds is 13. The van der Waals surface area contributed by atoms with Crippen LogP contribution in [0.4, 0.5) is 4.79 Å². The van der Waals surface area contributed by atoms with E-state index in [9.17, 15) is 9.59 Å². The van der Waals surface area contributed by atoms with Crippen molar-refractivity contribution in [2.24, 2.45) is 10.8 Å². The van der Waals surface area contributed by atoms with Gasteiger partial charge in [0.05, 0.1) is 26.4 Å². The number of ether oxygens (including phenoxy) is 4. The lowest BCUT2D eigenvalue weighted by Crippen LogP contribution is -2.40. The maximum atomic E-state index is 12.8. The predicted octanol–water partition coefficient (Wildman–Crippen LogP) is 6.35. The minimum absolute atomic E-state index is 0.259. The average Bonchev–Trinajstić information content (AvgIpc) is 2.82. The Morgan fingerprint density at radius 3 is 2.08 bits per heavy atom. The average molecular weight is 528 g/mol. The molecule has 0 aliphatic heterocycles. The topological polar surface area (TPSA) is 83.1 Å². The first-order chi connectivity index (χ1) is 17.7. The number of amides is 1. The van der Waals surface area contributed by atoms with Crippen molar-refractivity contribution in [2.75, 3.05) is 33.0 Å². The summed E-state index contributed by atoms with van der Waals surface area (Å²) in [6, 6.07) is 17.2. The maximum absolute atomic E-state index is 12.8. The molecule has 0 spiro atoms. The molecule has 2 aromatic carbocycles. The summed E-state index contributed by atoms with van der Waals surface area (Å²) in [5, 5.41) is 2.82. The van der Waals surface area contributed by atoms with Crippen molar-refractivity contribution in [3.8, 4) is 5.75 Å². The van der Waals surface area contributed by atoms with Crippen molar-refractivity contribution in [1.29, 1.82) is 0 Å². The van der Waals surface area contributed by atoms with Gasteiger partial charge in [-0.15, -0.1) is 0 Å². The highest BCUT2D eigenvalue weighted by Gasteiger charge is 2.27. The van der Waals surface area contributed by atoms with Crippen LogP contribution in [0.5, 0.6) is 5.75 Å². The number of carbonyl (C=O) groups excluding carboxylic acids is 2. The van der Waals surface area contributed by atoms with Gasteiger partial charge in [-0.1, -0.05) is 70.2 Å². The number of esters is 1. The Bertz CT molecular complexity index is 1030. The predicted molar refractivity (Wildman–Crippen MR) is 149 cm³/mol. The highest BCUT2D eigenvalue weighted by Crippen LogP contribution is 2.30. The molecule has 0 fully saturated rings. The molecule has 1 atom stereocenters. The standard InChI is InChI=1S/C31H45NO6/c1-9-36-27(33)26(23-14-11-10-12-15-23)24-16-13-17-25(18-24)37-22-31(7,8)21-35-20-30(5,6)19-32-28(34)38-29(2,3)4/h10-18,26H,9,19-22H2,1-8H3,(H,32,34). The molecule has 0 aromatic heterocycles. The molecule has 1 unspecified atom stereocenters. The van der Waals surface area contributed by atoms with E-state index in [2.05, 4.69) is 19.2 Å². The minimum atomic E-state index is -0.532. The van der Waals surface area contributed by atoms with E-state index in [1.807, 2.05) is 96.1 Å². The van der Waals surface area contributed by atoms with E-state index < -0.39 is 17.6 Å². The van der Waals surface area contributed by atoms with Crippen LogP contribution in [-0.2, 0) is 19.0 Å². The van der Waals surface area contributed by atoms with Crippen molar-refractivity contribution >= 4 is 12.1 Å². The first-order valence-corrected chi connectivity index (χ1v) is 13.2. The second kappa shape index (κ2) is 13.7. The van der Waals surface area contributed by atoms with Crippen LogP contribution in [0.15, 0.2) is 54.6 Å². The van der Waals surface area contributed by atoms with Gasteiger partial charge in [0.1, 0.15) is 17.3 Å². The van der Waals surface area contributed by atoms with Gasteiger partial charge in [0.15, 0.2) is 0 Å². The summed E-state index contributed by atoms with van der Waals surface area (Å²) in [5.74, 6) is -0.122. The third kappa shape index (κ3) is 11.1. The van der Waals surface area contributed by atoms with Gasteiger partial charge in [-0.3, -0.25) is 4.79 Å². The second-order valence-corrected chi connectivity index (χ2v) is 12.1. The molecule has 1 N–H and O–H groups in total. The highest BCUT2D eigenvalue weighted by molar-refractivity contribution is 5.82. The quantitative estimate of drug-likeness (QED) is 0.306. The van der Waals surface area contributed by atoms with E-state index in [4.69, 9.17) is 18.9 Å². The maximum Gasteiger partial charge on any atom is 0.407 e. The van der Waals surface area contributed by atoms with Crippen molar-refractivity contribution in [1.82, 2.24) is 5.32 Å². The molecule has 7 heteroatoms. The van der Waals surface area contributed by atoms with Gasteiger partial charge in [-0.25, -0.2) is 4.79 Å². The van der Waals surface area contributed by atoms with Crippen LogP contribution >= 0.6 is 0 Å². The fourth-order valence-electron chi connectivity index (χ4n) is 3.72. The summed E-state index contributed by atoms with van der Waals surface area (Å²) < 4.78 is 22.8. The molecule has 210 valence electrons. The molecule has 2 aromatic rings. The Kier molecular flexibility index (Phi) is 11.2. The van der Waals surface area contributed by atoms with Crippen LogP contribution in [0.2, 0.25) is 0 Å². The first-order valence-electron chi connectivity index (χ1n) is 13.2. The van der Waals surface area contributed by atoms with Crippen LogP contribution in [0.25, 0.3) is 0 Å². The molecule has 7 nitrogen and oxygen atoms in total. The molecule has 38 heavy (non-hydrogen) atoms. The smallest absolute Gasteiger partial charge is 0.407 e. The van der Waals surface area contributed by atoms with Crippen molar-refractivity contribution < 1.29 is 28.5 Å². The molecule has 0 aliphatic rings. The van der Waals surface area contributed by atoms with Gasteiger partial charge in [-0.2, -0.15) is 0 Å². The highest BCUT2D eigenvalue weighted by atomic mass is 16.6. The number of alkyl carbamates (subject to hydrolysis) is 1. The normalized spacial score (nSPS) is 12.9. The van der Waals surface area contributed by atoms with Gasteiger partial charge in [0.2, 0.25) is 0 Å². The van der Waals surface area contributed by atoms with Crippen LogP contribution < -0.4 is 10.1 Å². The summed E-state index contributed by atoms with van der Waals surface area (Å²) >= 11 is 0. The Morgan fingerprint density at radius 1 is 0.816 bits per heavy atom. The fraction of sp³-hybridized carbons (Fsp3) is 0.548. The molecular formula is C31H45NO6. The molecule has 0 radical (unpaired) electrons. The van der Waals surface area contributed by atoms with Gasteiger partial charge >= 0.3 is 12.1 Å². The Hall–Kier alpha value is -3.06. The number of hydrogen-bond acceptors (Lipinski definition) is 6. The SMILES string of the molecule is CCOC(=O)C(c1ccccc1)c1cccc(OCC(C)(C)COCC(C)(C)CNC(=O)OC(C)(C)C)c1. The number of carbonyl (C=O) groups is 2. The zero-order valence-corrected chi connectivity index (χ0v) is 24.3. The molecule has 1 amide bonds. The summed E-state index contributed by atoms with van der Waals surface area (Å²) in [6.07, 6.45) is -0.431. The third-order valence-corrected chi connectivity index (χ3v) is 5.57. The van der Waals surface area contributed by atoms with E-state index in [1.54, 1.807) is 0 Å². The zero-order valence-electron chi connectivity index (χ0n) is 24.3. The molecular weight excluding hydrogens is 482 g/mol. The summed E-state index contributed by atoms with van der Waals surface area (Å²) in [6.45, 7) is 17.7. The molecule has 0 aliphatic carbocycles. The lowest BCUT2D eigenvalue weighted by molar-refractivity contribution is -0.143. The molecule has 0 heterocycles. The van der Waals surface area contributed by atoms with Crippen LogP contribution in [0, 0.1) is 10.8 Å². The minimum Gasteiger partial charge on any atom is -0.493 e. The lowest BCUT2D eigenvalue weighted by atomic mass is 9.91. The van der Waals surface area contributed by atoms with Crippen molar-refractivity contribution in [3.05, 3.63) is 65.7 Å². The summed E-state index contributed by atoms with van der Waals surface area (Å²) in [7, 11) is 0. The molecule has 2 rings (SSSR count). The Balaban J connectivity index is 1.93. The van der Waals surface area contributed by atoms with E-state index in [0.717, 1.165) is 11.1 Å². The first kappa shape index (κ1) is 31.2. The van der Waals surface area contributed by atoms with Gasteiger partial charge in [0.25, 0.3) is 0 Å². The summed E-state index contributed by atoms with van der Waals surface area (Å²) in [5.41, 5.74) is 0.642. The number of hydrogen-bond donors (Lipinski definition) is 1. The van der Waals surface area contributed by atoms with E-state index in [1.165, 1.54) is 0 Å². The largest absolute Gasteiger partial charge is 0.493 e. The third-order valence-electron chi connectivity index (χ3n) is 5.57. The Morgan fingerprint density at radius 2 is 1.45 bits per heavy atom. The molecule has 0 bridgehead atoms. The lowest BCUT2D eigenvalue weighted by Gasteiger charge is -2.29. The van der Waals surface area contributed by atoms with E-state index >= 15 is 0 Å². The fourth-order valence-corrected chi connectivity index (χ4v) is 3.72. The van der Waals surface area contributed by atoms with E-state index in [-0.39, 0.29) is 16.8 Å². The van der Waals surface area contributed by atoms with Crippen LogP contribution in [0.1, 0.15) is 72.4 Å². The zero-order chi connectivity index (χ0) is 28.4. The molecule has 0 saturated carbocycles. The number of benzene rings is 2. The van der Waals surface area contributed by atoms with Gasteiger partial charge in [-0.05, 0) is 51.0 Å².